The fourth-order valence-corrected chi connectivity index (χ4v) is 3.08. The Balaban J connectivity index is 0.00000338. The Morgan fingerprint density at radius 2 is 1.96 bits per heavy atom. The molecule has 1 aromatic rings. The number of halogens is 1. The minimum Gasteiger partial charge on any atom is -0.497 e. The summed E-state index contributed by atoms with van der Waals surface area (Å²) in [6, 6.07) is 5.67. The molecule has 1 saturated heterocycles. The molecule has 26 heavy (non-hydrogen) atoms. The third-order valence-corrected chi connectivity index (χ3v) is 4.59. The van der Waals surface area contributed by atoms with Crippen molar-refractivity contribution in [3.63, 3.8) is 0 Å². The maximum Gasteiger partial charge on any atom is 0.222 e. The number of hydrogen-bond donors (Lipinski definition) is 1. The second-order valence-electron chi connectivity index (χ2n) is 6.27. The van der Waals surface area contributed by atoms with Gasteiger partial charge in [-0.3, -0.25) is 4.79 Å². The van der Waals surface area contributed by atoms with E-state index in [4.69, 9.17) is 19.9 Å². The maximum atomic E-state index is 12.5. The molecule has 7 heteroatoms. The molecule has 0 aliphatic carbocycles. The Kier molecular flexibility index (Phi) is 10.4. The number of benzene rings is 1. The van der Waals surface area contributed by atoms with Crippen LogP contribution in [-0.4, -0.2) is 57.4 Å². The smallest absolute Gasteiger partial charge is 0.222 e. The monoisotopic (exact) mass is 386 g/mol. The molecule has 0 aromatic heterocycles. The lowest BCUT2D eigenvalue weighted by molar-refractivity contribution is -0.133. The van der Waals surface area contributed by atoms with Crippen LogP contribution in [0.2, 0.25) is 0 Å². The van der Waals surface area contributed by atoms with Gasteiger partial charge in [0, 0.05) is 26.1 Å². The first-order chi connectivity index (χ1) is 12.2. The van der Waals surface area contributed by atoms with Gasteiger partial charge in [0.1, 0.15) is 11.5 Å². The summed E-state index contributed by atoms with van der Waals surface area (Å²) in [4.78, 5) is 14.4. The van der Waals surface area contributed by atoms with E-state index >= 15 is 0 Å². The number of aryl methyl sites for hydroxylation is 1. The lowest BCUT2D eigenvalue weighted by atomic mass is 10.0. The number of nitrogens with zero attached hydrogens (tertiary/aromatic N) is 1. The van der Waals surface area contributed by atoms with Gasteiger partial charge in [-0.15, -0.1) is 12.4 Å². The zero-order valence-electron chi connectivity index (χ0n) is 15.7. The van der Waals surface area contributed by atoms with Crippen LogP contribution in [0.5, 0.6) is 11.5 Å². The van der Waals surface area contributed by atoms with Gasteiger partial charge >= 0.3 is 0 Å². The highest BCUT2D eigenvalue weighted by atomic mass is 35.5. The molecule has 0 unspecified atom stereocenters. The van der Waals surface area contributed by atoms with Gasteiger partial charge in [-0.25, -0.2) is 0 Å². The van der Waals surface area contributed by atoms with Crippen molar-refractivity contribution in [2.75, 3.05) is 40.5 Å². The van der Waals surface area contributed by atoms with E-state index in [9.17, 15) is 4.79 Å². The summed E-state index contributed by atoms with van der Waals surface area (Å²) in [6.45, 7) is 2.90. The number of carbonyl (C=O) groups is 1. The molecule has 1 aliphatic rings. The van der Waals surface area contributed by atoms with E-state index in [2.05, 4.69) is 0 Å². The SMILES string of the molecule is COc1ccc(OC)c(CCC(=O)N2CCC(OCCCN)CC2)c1.Cl. The Hall–Kier alpha value is -1.50. The molecule has 148 valence electrons. The van der Waals surface area contributed by atoms with Crippen LogP contribution in [0.15, 0.2) is 18.2 Å². The number of carbonyl (C=O) groups excluding carboxylic acids is 1. The third-order valence-electron chi connectivity index (χ3n) is 4.59. The largest absolute Gasteiger partial charge is 0.497 e. The van der Waals surface area contributed by atoms with E-state index in [1.807, 2.05) is 23.1 Å². The number of ether oxygens (including phenoxy) is 3. The van der Waals surface area contributed by atoms with E-state index in [1.165, 1.54) is 0 Å². The first kappa shape index (κ1) is 22.5. The molecule has 1 fully saturated rings. The molecule has 0 spiro atoms. The van der Waals surface area contributed by atoms with E-state index in [1.54, 1.807) is 14.2 Å². The Morgan fingerprint density at radius 1 is 1.23 bits per heavy atom. The predicted molar refractivity (Wildman–Crippen MR) is 104 cm³/mol. The van der Waals surface area contributed by atoms with Gasteiger partial charge in [0.2, 0.25) is 5.91 Å². The zero-order chi connectivity index (χ0) is 18.1. The normalized spacial score (nSPS) is 14.7. The molecule has 1 amide bonds. The van der Waals surface area contributed by atoms with Gasteiger partial charge < -0.3 is 24.8 Å². The summed E-state index contributed by atoms with van der Waals surface area (Å²) in [5.74, 6) is 1.75. The van der Waals surface area contributed by atoms with Gasteiger partial charge in [0.15, 0.2) is 0 Å². The third kappa shape index (κ3) is 6.67. The maximum absolute atomic E-state index is 12.5. The molecule has 1 aromatic carbocycles. The van der Waals surface area contributed by atoms with E-state index < -0.39 is 0 Å². The molecule has 0 saturated carbocycles. The first-order valence-corrected chi connectivity index (χ1v) is 8.98. The van der Waals surface area contributed by atoms with Crippen LogP contribution in [0, 0.1) is 0 Å². The lowest BCUT2D eigenvalue weighted by Crippen LogP contribution is -2.41. The quantitative estimate of drug-likeness (QED) is 0.660. The van der Waals surface area contributed by atoms with Crippen LogP contribution >= 0.6 is 12.4 Å². The summed E-state index contributed by atoms with van der Waals surface area (Å²) >= 11 is 0. The van der Waals surface area contributed by atoms with Crippen molar-refractivity contribution in [1.29, 1.82) is 0 Å². The van der Waals surface area contributed by atoms with Crippen molar-refractivity contribution in [2.45, 2.75) is 38.2 Å². The van der Waals surface area contributed by atoms with Crippen LogP contribution in [0.1, 0.15) is 31.2 Å². The van der Waals surface area contributed by atoms with Gasteiger partial charge in [0.25, 0.3) is 0 Å². The second kappa shape index (κ2) is 12.0. The molecule has 6 nitrogen and oxygen atoms in total. The number of amides is 1. The molecule has 0 atom stereocenters. The van der Waals surface area contributed by atoms with Gasteiger partial charge in [0.05, 0.1) is 20.3 Å². The minimum absolute atomic E-state index is 0. The van der Waals surface area contributed by atoms with Crippen LogP contribution < -0.4 is 15.2 Å². The molecular formula is C19H31ClN2O4. The average molecular weight is 387 g/mol. The van der Waals surface area contributed by atoms with Gasteiger partial charge in [-0.05, 0) is 56.0 Å². The van der Waals surface area contributed by atoms with Crippen molar-refractivity contribution in [2.24, 2.45) is 5.73 Å². The molecular weight excluding hydrogens is 356 g/mol. The van der Waals surface area contributed by atoms with Crippen LogP contribution in [0.4, 0.5) is 0 Å². The highest BCUT2D eigenvalue weighted by Crippen LogP contribution is 2.25. The Morgan fingerprint density at radius 3 is 2.58 bits per heavy atom. The number of methoxy groups -OCH3 is 2. The van der Waals surface area contributed by atoms with Crippen molar-refractivity contribution in [3.8, 4) is 11.5 Å². The number of likely N-dealkylation sites (tertiary alicyclic amines) is 1. The van der Waals surface area contributed by atoms with Crippen LogP contribution in [0.25, 0.3) is 0 Å². The van der Waals surface area contributed by atoms with Crippen molar-refractivity contribution >= 4 is 18.3 Å². The van der Waals surface area contributed by atoms with Gasteiger partial charge in [-0.1, -0.05) is 0 Å². The summed E-state index contributed by atoms with van der Waals surface area (Å²) in [7, 11) is 3.28. The lowest BCUT2D eigenvalue weighted by Gasteiger charge is -2.32. The Labute approximate surface area is 162 Å². The molecule has 2 rings (SSSR count). The first-order valence-electron chi connectivity index (χ1n) is 8.98. The molecule has 1 aliphatic heterocycles. The summed E-state index contributed by atoms with van der Waals surface area (Å²) in [6.07, 6.45) is 4.07. The topological polar surface area (TPSA) is 74.0 Å². The van der Waals surface area contributed by atoms with Crippen molar-refractivity contribution in [1.82, 2.24) is 4.90 Å². The zero-order valence-corrected chi connectivity index (χ0v) is 16.6. The van der Waals surface area contributed by atoms with Crippen LogP contribution in [-0.2, 0) is 16.0 Å². The highest BCUT2D eigenvalue weighted by Gasteiger charge is 2.23. The molecule has 1 heterocycles. The summed E-state index contributed by atoms with van der Waals surface area (Å²) in [5, 5.41) is 0. The molecule has 2 N–H and O–H groups in total. The molecule has 0 radical (unpaired) electrons. The van der Waals surface area contributed by atoms with E-state index in [0.717, 1.165) is 49.4 Å². The minimum atomic E-state index is 0. The average Bonchev–Trinajstić information content (AvgIpc) is 2.66. The number of rotatable bonds is 9. The predicted octanol–water partition coefficient (Wildman–Crippen LogP) is 2.41. The number of piperidine rings is 1. The van der Waals surface area contributed by atoms with Crippen molar-refractivity contribution < 1.29 is 19.0 Å². The fourth-order valence-electron chi connectivity index (χ4n) is 3.08. The molecule has 0 bridgehead atoms. The standard InChI is InChI=1S/C19H30N2O4.ClH/c1-23-17-5-6-18(24-2)15(14-17)4-7-19(22)21-11-8-16(9-12-21)25-13-3-10-20;/h5-6,14,16H,3-4,7-13,20H2,1-2H3;1H. The summed E-state index contributed by atoms with van der Waals surface area (Å²) < 4.78 is 16.4. The van der Waals surface area contributed by atoms with E-state index in [0.29, 0.717) is 26.0 Å². The number of hydrogen-bond acceptors (Lipinski definition) is 5. The summed E-state index contributed by atoms with van der Waals surface area (Å²) in [5.41, 5.74) is 6.47. The highest BCUT2D eigenvalue weighted by molar-refractivity contribution is 5.85. The second-order valence-corrected chi connectivity index (χ2v) is 6.27. The van der Waals surface area contributed by atoms with Crippen LogP contribution in [0.3, 0.4) is 0 Å². The van der Waals surface area contributed by atoms with Gasteiger partial charge in [-0.2, -0.15) is 0 Å². The number of nitrogens with two attached hydrogens (primary N) is 1. The van der Waals surface area contributed by atoms with Crippen molar-refractivity contribution in [3.05, 3.63) is 23.8 Å². The fraction of sp³-hybridized carbons (Fsp3) is 0.632. The Bertz CT molecular complexity index is 548. The van der Waals surface area contributed by atoms with E-state index in [-0.39, 0.29) is 24.4 Å².